The highest BCUT2D eigenvalue weighted by Crippen LogP contribution is 2.20. The Kier molecular flexibility index (Phi) is 4.22. The summed E-state index contributed by atoms with van der Waals surface area (Å²) in [5.74, 6) is -0.244. The van der Waals surface area contributed by atoms with E-state index in [-0.39, 0.29) is 23.4 Å². The highest BCUT2D eigenvalue weighted by molar-refractivity contribution is 7.91. The van der Waals surface area contributed by atoms with E-state index >= 15 is 0 Å². The van der Waals surface area contributed by atoms with E-state index in [2.05, 4.69) is 10.6 Å². The third kappa shape index (κ3) is 4.17. The fraction of sp³-hybridized carbons (Fsp3) is 0.500. The maximum atomic E-state index is 12.9. The van der Waals surface area contributed by atoms with Gasteiger partial charge in [0, 0.05) is 6.04 Å². The topological polar surface area (TPSA) is 75.3 Å². The largest absolute Gasteiger partial charge is 0.334 e. The van der Waals surface area contributed by atoms with Crippen LogP contribution in [0.25, 0.3) is 0 Å². The van der Waals surface area contributed by atoms with Gasteiger partial charge in [-0.3, -0.25) is 0 Å². The number of rotatable bonds is 3. The van der Waals surface area contributed by atoms with E-state index in [1.54, 1.807) is 26.0 Å². The lowest BCUT2D eigenvalue weighted by molar-refractivity contribution is 0.227. The molecule has 0 spiro atoms. The van der Waals surface area contributed by atoms with Crippen LogP contribution in [0.5, 0.6) is 0 Å². The van der Waals surface area contributed by atoms with Crippen LogP contribution in [0.1, 0.15) is 25.8 Å². The first-order valence-corrected chi connectivity index (χ1v) is 8.55. The zero-order chi connectivity index (χ0) is 15.7. The highest BCUT2D eigenvalue weighted by Gasteiger charge is 2.30. The summed E-state index contributed by atoms with van der Waals surface area (Å²) in [6.07, 6.45) is 0.437. The molecule has 1 atom stereocenters. The molecule has 0 aliphatic carbocycles. The monoisotopic (exact) mass is 314 g/mol. The molecular formula is C14H19FN2O3S. The van der Waals surface area contributed by atoms with Gasteiger partial charge in [-0.25, -0.2) is 17.6 Å². The van der Waals surface area contributed by atoms with Crippen molar-refractivity contribution in [3.63, 3.8) is 0 Å². The minimum atomic E-state index is -3.03. The maximum absolute atomic E-state index is 12.9. The number of sulfone groups is 1. The van der Waals surface area contributed by atoms with Crippen LogP contribution in [0.2, 0.25) is 0 Å². The van der Waals surface area contributed by atoms with Gasteiger partial charge in [0.25, 0.3) is 0 Å². The second-order valence-electron chi connectivity index (χ2n) is 5.83. The first-order chi connectivity index (χ1) is 9.68. The van der Waals surface area contributed by atoms with Gasteiger partial charge in [0.2, 0.25) is 0 Å². The Morgan fingerprint density at radius 1 is 1.29 bits per heavy atom. The summed E-state index contributed by atoms with van der Waals surface area (Å²) in [4.78, 5) is 12.0. The molecule has 2 rings (SSSR count). The van der Waals surface area contributed by atoms with Gasteiger partial charge < -0.3 is 10.6 Å². The van der Waals surface area contributed by atoms with Crippen LogP contribution in [0, 0.1) is 5.82 Å². The van der Waals surface area contributed by atoms with E-state index in [4.69, 9.17) is 0 Å². The summed E-state index contributed by atoms with van der Waals surface area (Å²) in [5.41, 5.74) is 0.0769. The Morgan fingerprint density at radius 2 is 1.90 bits per heavy atom. The normalized spacial score (nSPS) is 21.0. The molecule has 0 radical (unpaired) electrons. The Bertz CT molecular complexity index is 626. The van der Waals surface area contributed by atoms with Crippen molar-refractivity contribution in [1.29, 1.82) is 0 Å². The van der Waals surface area contributed by atoms with E-state index in [9.17, 15) is 17.6 Å². The van der Waals surface area contributed by atoms with Crippen molar-refractivity contribution in [2.24, 2.45) is 0 Å². The van der Waals surface area contributed by atoms with Crippen molar-refractivity contribution in [3.05, 3.63) is 35.6 Å². The van der Waals surface area contributed by atoms with Gasteiger partial charge in [-0.1, -0.05) is 12.1 Å². The lowest BCUT2D eigenvalue weighted by Crippen LogP contribution is -2.49. The average molecular weight is 314 g/mol. The van der Waals surface area contributed by atoms with Crippen molar-refractivity contribution < 1.29 is 17.6 Å². The number of halogens is 1. The predicted molar refractivity (Wildman–Crippen MR) is 78.2 cm³/mol. The van der Waals surface area contributed by atoms with E-state index in [1.807, 2.05) is 0 Å². The van der Waals surface area contributed by atoms with Gasteiger partial charge in [-0.05, 0) is 38.0 Å². The molecule has 0 bridgehead atoms. The highest BCUT2D eigenvalue weighted by atomic mass is 32.2. The summed E-state index contributed by atoms with van der Waals surface area (Å²) < 4.78 is 35.6. The number of nitrogens with one attached hydrogen (secondary N) is 2. The first-order valence-electron chi connectivity index (χ1n) is 6.73. The second-order valence-corrected chi connectivity index (χ2v) is 8.06. The Labute approximate surface area is 123 Å². The smallest absolute Gasteiger partial charge is 0.315 e. The van der Waals surface area contributed by atoms with Crippen LogP contribution in [0.4, 0.5) is 9.18 Å². The fourth-order valence-corrected chi connectivity index (χ4v) is 4.03. The van der Waals surface area contributed by atoms with Gasteiger partial charge >= 0.3 is 6.03 Å². The van der Waals surface area contributed by atoms with Crippen molar-refractivity contribution in [1.82, 2.24) is 10.6 Å². The molecule has 1 fully saturated rings. The molecule has 0 saturated carbocycles. The number of carbonyl (C=O) groups is 1. The van der Waals surface area contributed by atoms with Crippen molar-refractivity contribution in [2.45, 2.75) is 31.8 Å². The first kappa shape index (κ1) is 15.8. The third-order valence-electron chi connectivity index (χ3n) is 3.56. The van der Waals surface area contributed by atoms with Gasteiger partial charge in [0.15, 0.2) is 9.84 Å². The second kappa shape index (κ2) is 5.63. The third-order valence-corrected chi connectivity index (χ3v) is 5.33. The van der Waals surface area contributed by atoms with Crippen LogP contribution < -0.4 is 10.6 Å². The molecule has 1 aliphatic rings. The van der Waals surface area contributed by atoms with Crippen LogP contribution in [-0.2, 0) is 15.4 Å². The molecule has 2 N–H and O–H groups in total. The van der Waals surface area contributed by atoms with Crippen LogP contribution in [-0.4, -0.2) is 32.0 Å². The van der Waals surface area contributed by atoms with Crippen LogP contribution in [0.15, 0.2) is 24.3 Å². The van der Waals surface area contributed by atoms with E-state index in [0.29, 0.717) is 6.42 Å². The Balaban J connectivity index is 1.97. The molecule has 1 aliphatic heterocycles. The molecule has 116 valence electrons. The molecular weight excluding hydrogens is 295 g/mol. The molecule has 2 amide bonds. The molecule has 0 aromatic heterocycles. The lowest BCUT2D eigenvalue weighted by Gasteiger charge is -2.27. The van der Waals surface area contributed by atoms with Crippen LogP contribution >= 0.6 is 0 Å². The summed E-state index contributed by atoms with van der Waals surface area (Å²) in [6.45, 7) is 3.59. The molecule has 1 saturated heterocycles. The summed E-state index contributed by atoms with van der Waals surface area (Å²) in [7, 11) is -3.03. The van der Waals surface area contributed by atoms with E-state index in [0.717, 1.165) is 5.56 Å². The van der Waals surface area contributed by atoms with Gasteiger partial charge in [0.1, 0.15) is 5.82 Å². The van der Waals surface area contributed by atoms with Crippen molar-refractivity contribution in [3.8, 4) is 0 Å². The molecule has 1 unspecified atom stereocenters. The zero-order valence-electron chi connectivity index (χ0n) is 12.0. The van der Waals surface area contributed by atoms with Gasteiger partial charge in [0.05, 0.1) is 17.0 Å². The lowest BCUT2D eigenvalue weighted by atomic mass is 9.94. The summed E-state index contributed by atoms with van der Waals surface area (Å²) in [6, 6.07) is 5.11. The zero-order valence-corrected chi connectivity index (χ0v) is 12.8. The van der Waals surface area contributed by atoms with E-state index < -0.39 is 21.4 Å². The van der Waals surface area contributed by atoms with Gasteiger partial charge in [-0.2, -0.15) is 0 Å². The quantitative estimate of drug-likeness (QED) is 0.889. The summed E-state index contributed by atoms with van der Waals surface area (Å²) in [5, 5.41) is 5.45. The standard InChI is InChI=1S/C14H19FN2O3S/c1-14(2,10-3-5-11(15)6-4-10)17-13(18)16-12-7-8-21(19,20)9-12/h3-6,12H,7-9H2,1-2H3,(H2,16,17,18). The Morgan fingerprint density at radius 3 is 2.43 bits per heavy atom. The van der Waals surface area contributed by atoms with Crippen molar-refractivity contribution >= 4 is 15.9 Å². The van der Waals surface area contributed by atoms with Crippen LogP contribution in [0.3, 0.4) is 0 Å². The van der Waals surface area contributed by atoms with E-state index in [1.165, 1.54) is 12.1 Å². The number of hydrogen-bond donors (Lipinski definition) is 2. The molecule has 1 heterocycles. The minimum absolute atomic E-state index is 0.0165. The molecule has 7 heteroatoms. The fourth-order valence-electron chi connectivity index (χ4n) is 2.35. The van der Waals surface area contributed by atoms with Crippen molar-refractivity contribution in [2.75, 3.05) is 11.5 Å². The number of benzene rings is 1. The SMILES string of the molecule is CC(C)(NC(=O)NC1CCS(=O)(=O)C1)c1ccc(F)cc1. The number of amides is 2. The predicted octanol–water partition coefficient (Wildman–Crippen LogP) is 1.55. The number of carbonyl (C=O) groups excluding carboxylic acids is 1. The number of hydrogen-bond acceptors (Lipinski definition) is 3. The molecule has 21 heavy (non-hydrogen) atoms. The minimum Gasteiger partial charge on any atom is -0.334 e. The molecule has 5 nitrogen and oxygen atoms in total. The van der Waals surface area contributed by atoms with Gasteiger partial charge in [-0.15, -0.1) is 0 Å². The number of urea groups is 1. The molecule has 1 aromatic rings. The maximum Gasteiger partial charge on any atom is 0.315 e. The Hall–Kier alpha value is -1.63. The molecule has 1 aromatic carbocycles. The average Bonchev–Trinajstić information content (AvgIpc) is 2.68. The summed E-state index contributed by atoms with van der Waals surface area (Å²) >= 11 is 0.